The van der Waals surface area contributed by atoms with E-state index in [1.165, 1.54) is 38.5 Å². The number of ether oxygens (including phenoxy) is 2. The normalized spacial score (nSPS) is 12.1. The van der Waals surface area contributed by atoms with Crippen LogP contribution in [0.25, 0.3) is 0 Å². The molecule has 2 N–H and O–H groups in total. The van der Waals surface area contributed by atoms with Crippen LogP contribution in [0.5, 0.6) is 11.5 Å². The van der Waals surface area contributed by atoms with Gasteiger partial charge in [-0.1, -0.05) is 53.5 Å². The van der Waals surface area contributed by atoms with E-state index in [1.54, 1.807) is 36.4 Å². The Morgan fingerprint density at radius 2 is 1.64 bits per heavy atom. The Bertz CT molecular complexity index is 1240. The molecule has 3 aromatic carbocycles. The smallest absolute Gasteiger partial charge is 0.242 e. The number of amides is 1. The standard InChI is InChI=1S/C23H22Cl2N2O5S/c1-31-21-11-9-17(14-22(21)32-2)33(29,30)27-20(12-15-6-4-3-5-7-15)23(28)26-19-13-16(24)8-10-18(19)25/h3-11,13-14,20,27H,12H2,1-2H3,(H,26,28)/t20-/m0/s1. The Morgan fingerprint density at radius 3 is 2.30 bits per heavy atom. The van der Waals surface area contributed by atoms with Crippen molar-refractivity contribution in [3.05, 3.63) is 82.3 Å². The summed E-state index contributed by atoms with van der Waals surface area (Å²) in [4.78, 5) is 13.1. The van der Waals surface area contributed by atoms with Gasteiger partial charge in [0.25, 0.3) is 0 Å². The van der Waals surface area contributed by atoms with Gasteiger partial charge in [0.2, 0.25) is 15.9 Å². The summed E-state index contributed by atoms with van der Waals surface area (Å²) in [5.41, 5.74) is 1.04. The molecule has 1 atom stereocenters. The minimum atomic E-state index is -4.10. The fraction of sp³-hybridized carbons (Fsp3) is 0.174. The summed E-state index contributed by atoms with van der Waals surface area (Å²) in [5.74, 6) is 0.0350. The zero-order valence-corrected chi connectivity index (χ0v) is 20.2. The van der Waals surface area contributed by atoms with Gasteiger partial charge in [-0.15, -0.1) is 0 Å². The lowest BCUT2D eigenvalue weighted by Gasteiger charge is -2.20. The second-order valence-corrected chi connectivity index (χ2v) is 9.55. The lowest BCUT2D eigenvalue weighted by Crippen LogP contribution is -2.45. The molecule has 33 heavy (non-hydrogen) atoms. The predicted octanol–water partition coefficient (Wildman–Crippen LogP) is 4.54. The largest absolute Gasteiger partial charge is 0.493 e. The van der Waals surface area contributed by atoms with E-state index < -0.39 is 22.0 Å². The van der Waals surface area contributed by atoms with Crippen molar-refractivity contribution in [3.63, 3.8) is 0 Å². The van der Waals surface area contributed by atoms with Gasteiger partial charge in [-0.25, -0.2) is 8.42 Å². The molecule has 0 aromatic heterocycles. The van der Waals surface area contributed by atoms with Crippen LogP contribution in [0.1, 0.15) is 5.56 Å². The molecule has 3 aromatic rings. The van der Waals surface area contributed by atoms with Crippen molar-refractivity contribution >= 4 is 44.8 Å². The first kappa shape index (κ1) is 24.9. The van der Waals surface area contributed by atoms with Crippen molar-refractivity contribution in [2.45, 2.75) is 17.4 Å². The Hall–Kier alpha value is -2.78. The maximum absolute atomic E-state index is 13.1. The van der Waals surface area contributed by atoms with Crippen LogP contribution in [0.4, 0.5) is 5.69 Å². The molecule has 0 aliphatic rings. The number of hydrogen-bond donors (Lipinski definition) is 2. The van der Waals surface area contributed by atoms with Crippen LogP contribution in [-0.2, 0) is 21.2 Å². The van der Waals surface area contributed by atoms with Crippen molar-refractivity contribution in [1.82, 2.24) is 4.72 Å². The van der Waals surface area contributed by atoms with Crippen molar-refractivity contribution in [3.8, 4) is 11.5 Å². The van der Waals surface area contributed by atoms with Crippen molar-refractivity contribution < 1.29 is 22.7 Å². The zero-order chi connectivity index (χ0) is 24.0. The van der Waals surface area contributed by atoms with Crippen LogP contribution >= 0.6 is 23.2 Å². The SMILES string of the molecule is COc1ccc(S(=O)(=O)N[C@@H](Cc2ccccc2)C(=O)Nc2cc(Cl)ccc2Cl)cc1OC. The number of rotatable bonds is 9. The van der Waals surface area contributed by atoms with Gasteiger partial charge in [0, 0.05) is 11.1 Å². The molecule has 1 amide bonds. The molecule has 0 fully saturated rings. The van der Waals surface area contributed by atoms with Crippen molar-refractivity contribution in [2.75, 3.05) is 19.5 Å². The lowest BCUT2D eigenvalue weighted by atomic mass is 10.1. The van der Waals surface area contributed by atoms with Gasteiger partial charge >= 0.3 is 0 Å². The van der Waals surface area contributed by atoms with Crippen LogP contribution in [0.3, 0.4) is 0 Å². The molecule has 0 spiro atoms. The maximum Gasteiger partial charge on any atom is 0.242 e. The predicted molar refractivity (Wildman–Crippen MR) is 129 cm³/mol. The third-order valence-corrected chi connectivity index (χ3v) is 6.78. The van der Waals surface area contributed by atoms with E-state index in [-0.39, 0.29) is 27.8 Å². The molecule has 0 saturated carbocycles. The van der Waals surface area contributed by atoms with E-state index in [9.17, 15) is 13.2 Å². The second kappa shape index (κ2) is 10.9. The highest BCUT2D eigenvalue weighted by Crippen LogP contribution is 2.30. The van der Waals surface area contributed by atoms with Crippen LogP contribution in [0.2, 0.25) is 10.0 Å². The summed E-state index contributed by atoms with van der Waals surface area (Å²) in [5, 5.41) is 3.31. The number of carbonyl (C=O) groups excluding carboxylic acids is 1. The van der Waals surface area contributed by atoms with E-state index in [2.05, 4.69) is 10.0 Å². The Morgan fingerprint density at radius 1 is 0.939 bits per heavy atom. The summed E-state index contributed by atoms with van der Waals surface area (Å²) in [7, 11) is -1.24. The van der Waals surface area contributed by atoms with E-state index in [0.29, 0.717) is 10.8 Å². The number of methoxy groups -OCH3 is 2. The van der Waals surface area contributed by atoms with Gasteiger partial charge in [0.05, 0.1) is 29.8 Å². The molecule has 10 heteroatoms. The number of benzene rings is 3. The molecule has 0 aliphatic heterocycles. The van der Waals surface area contributed by atoms with Gasteiger partial charge in [-0.3, -0.25) is 4.79 Å². The molecule has 3 rings (SSSR count). The van der Waals surface area contributed by atoms with E-state index >= 15 is 0 Å². The minimum Gasteiger partial charge on any atom is -0.493 e. The molecule has 7 nitrogen and oxygen atoms in total. The average Bonchev–Trinajstić information content (AvgIpc) is 2.81. The lowest BCUT2D eigenvalue weighted by molar-refractivity contribution is -0.117. The molecule has 0 aliphatic carbocycles. The molecular formula is C23H22Cl2N2O5S. The summed E-state index contributed by atoms with van der Waals surface area (Å²) in [6, 6.07) is 16.7. The summed E-state index contributed by atoms with van der Waals surface area (Å²) >= 11 is 12.2. The summed E-state index contributed by atoms with van der Waals surface area (Å²) in [6.07, 6.45) is 0.109. The topological polar surface area (TPSA) is 93.7 Å². The summed E-state index contributed by atoms with van der Waals surface area (Å²) < 4.78 is 39.1. The summed E-state index contributed by atoms with van der Waals surface area (Å²) in [6.45, 7) is 0. The van der Waals surface area contributed by atoms with Gasteiger partial charge in [-0.05, 0) is 42.3 Å². The number of sulfonamides is 1. The average molecular weight is 509 g/mol. The first-order valence-electron chi connectivity index (χ1n) is 9.77. The number of halogens is 2. The third kappa shape index (κ3) is 6.39. The maximum atomic E-state index is 13.1. The monoisotopic (exact) mass is 508 g/mol. The van der Waals surface area contributed by atoms with Crippen LogP contribution < -0.4 is 19.5 Å². The van der Waals surface area contributed by atoms with Crippen molar-refractivity contribution in [1.29, 1.82) is 0 Å². The first-order valence-corrected chi connectivity index (χ1v) is 12.0. The fourth-order valence-corrected chi connectivity index (χ4v) is 4.64. The van der Waals surface area contributed by atoms with E-state index in [4.69, 9.17) is 32.7 Å². The van der Waals surface area contributed by atoms with Crippen LogP contribution in [0.15, 0.2) is 71.6 Å². The first-order chi connectivity index (χ1) is 15.7. The van der Waals surface area contributed by atoms with Crippen LogP contribution in [0, 0.1) is 0 Å². The van der Waals surface area contributed by atoms with Gasteiger partial charge in [-0.2, -0.15) is 4.72 Å². The highest BCUT2D eigenvalue weighted by molar-refractivity contribution is 7.89. The van der Waals surface area contributed by atoms with E-state index in [0.717, 1.165) is 5.56 Å². The Labute approximate surface area is 202 Å². The van der Waals surface area contributed by atoms with Gasteiger partial charge < -0.3 is 14.8 Å². The molecule has 0 heterocycles. The van der Waals surface area contributed by atoms with E-state index in [1.807, 2.05) is 6.07 Å². The number of carbonyl (C=O) groups is 1. The zero-order valence-electron chi connectivity index (χ0n) is 17.8. The number of anilines is 1. The van der Waals surface area contributed by atoms with Crippen molar-refractivity contribution in [2.24, 2.45) is 0 Å². The number of nitrogens with one attached hydrogen (secondary N) is 2. The Balaban J connectivity index is 1.92. The highest BCUT2D eigenvalue weighted by atomic mass is 35.5. The van der Waals surface area contributed by atoms with Gasteiger partial charge in [0.15, 0.2) is 11.5 Å². The fourth-order valence-electron chi connectivity index (χ4n) is 3.09. The molecular weight excluding hydrogens is 487 g/mol. The quantitative estimate of drug-likeness (QED) is 0.442. The number of hydrogen-bond acceptors (Lipinski definition) is 5. The Kier molecular flexibility index (Phi) is 8.20. The molecule has 0 unspecified atom stereocenters. The molecule has 0 radical (unpaired) electrons. The molecule has 174 valence electrons. The highest BCUT2D eigenvalue weighted by Gasteiger charge is 2.27. The van der Waals surface area contributed by atoms with Gasteiger partial charge in [0.1, 0.15) is 6.04 Å². The molecule has 0 saturated heterocycles. The minimum absolute atomic E-state index is 0.0770. The third-order valence-electron chi connectivity index (χ3n) is 4.75. The van der Waals surface area contributed by atoms with Crippen LogP contribution in [-0.4, -0.2) is 34.6 Å². The second-order valence-electron chi connectivity index (χ2n) is 6.99. The molecule has 0 bridgehead atoms.